The van der Waals surface area contributed by atoms with Crippen LogP contribution in [0.3, 0.4) is 0 Å². The fraction of sp³-hybridized carbons (Fsp3) is 0.957. The molecule has 0 aromatic carbocycles. The van der Waals surface area contributed by atoms with Crippen LogP contribution < -0.4 is 0 Å². The van der Waals surface area contributed by atoms with Gasteiger partial charge in [0.25, 0.3) is 0 Å². The summed E-state index contributed by atoms with van der Waals surface area (Å²) < 4.78 is 17.0. The molecule has 6 heteroatoms. The molecule has 446 valence electrons. The molecule has 0 heterocycles. The largest absolute Gasteiger partial charge is 0.462 e. The van der Waals surface area contributed by atoms with Crippen LogP contribution in [0.4, 0.5) is 0 Å². The van der Waals surface area contributed by atoms with Crippen molar-refractivity contribution in [2.45, 2.75) is 412 Å². The van der Waals surface area contributed by atoms with E-state index in [0.29, 0.717) is 19.3 Å². The smallest absolute Gasteiger partial charge is 0.306 e. The monoisotopic (exact) mass is 1060 g/mol. The molecule has 0 aromatic rings. The van der Waals surface area contributed by atoms with E-state index < -0.39 is 6.10 Å². The number of rotatable bonds is 65. The molecule has 1 unspecified atom stereocenters. The molecule has 0 spiro atoms. The van der Waals surface area contributed by atoms with Crippen molar-refractivity contribution in [3.63, 3.8) is 0 Å². The highest BCUT2D eigenvalue weighted by Crippen LogP contribution is 2.19. The second-order valence-corrected chi connectivity index (χ2v) is 23.8. The van der Waals surface area contributed by atoms with Crippen LogP contribution in [0.25, 0.3) is 0 Å². The van der Waals surface area contributed by atoms with E-state index in [1.807, 2.05) is 0 Å². The molecule has 1 atom stereocenters. The third kappa shape index (κ3) is 63.1. The van der Waals surface area contributed by atoms with Gasteiger partial charge in [0.05, 0.1) is 0 Å². The Morgan fingerprint density at radius 2 is 0.360 bits per heavy atom. The van der Waals surface area contributed by atoms with E-state index in [1.54, 1.807) is 0 Å². The number of esters is 3. The van der Waals surface area contributed by atoms with Gasteiger partial charge in [-0.25, -0.2) is 0 Å². The summed E-state index contributed by atoms with van der Waals surface area (Å²) in [5, 5.41) is 0. The summed E-state index contributed by atoms with van der Waals surface area (Å²) in [5.41, 5.74) is 0. The fourth-order valence-electron chi connectivity index (χ4n) is 10.9. The second-order valence-electron chi connectivity index (χ2n) is 23.8. The lowest BCUT2D eigenvalue weighted by Gasteiger charge is -2.18. The minimum atomic E-state index is -0.763. The van der Waals surface area contributed by atoms with Crippen molar-refractivity contribution >= 4 is 17.9 Å². The molecule has 0 fully saturated rings. The molecule has 0 aromatic heterocycles. The molecule has 0 N–H and O–H groups in total. The van der Waals surface area contributed by atoms with Crippen molar-refractivity contribution in [3.05, 3.63) is 0 Å². The topological polar surface area (TPSA) is 78.9 Å². The highest BCUT2D eigenvalue weighted by atomic mass is 16.6. The highest BCUT2D eigenvalue weighted by Gasteiger charge is 2.19. The Labute approximate surface area is 469 Å². The summed E-state index contributed by atoms with van der Waals surface area (Å²) in [6.07, 6.45) is 75.5. The minimum Gasteiger partial charge on any atom is -0.462 e. The van der Waals surface area contributed by atoms with Crippen LogP contribution in [0.5, 0.6) is 0 Å². The zero-order valence-corrected chi connectivity index (χ0v) is 51.4. The average Bonchev–Trinajstić information content (AvgIpc) is 3.41. The lowest BCUT2D eigenvalue weighted by Crippen LogP contribution is -2.30. The number of unbranched alkanes of at least 4 members (excludes halogenated alkanes) is 54. The number of hydrogen-bond acceptors (Lipinski definition) is 6. The number of carbonyl (C=O) groups excluding carboxylic acids is 3. The first-order valence-corrected chi connectivity index (χ1v) is 34.5. The van der Waals surface area contributed by atoms with Crippen LogP contribution in [-0.2, 0) is 28.6 Å². The molecule has 0 bridgehead atoms. The van der Waals surface area contributed by atoms with Gasteiger partial charge in [-0.3, -0.25) is 14.4 Å². The van der Waals surface area contributed by atoms with Crippen LogP contribution in [0.1, 0.15) is 406 Å². The third-order valence-electron chi connectivity index (χ3n) is 16.1. The highest BCUT2D eigenvalue weighted by molar-refractivity contribution is 5.71. The Morgan fingerprint density at radius 3 is 0.533 bits per heavy atom. The normalized spacial score (nSPS) is 11.9. The Hall–Kier alpha value is -1.59. The van der Waals surface area contributed by atoms with Crippen LogP contribution in [0, 0.1) is 0 Å². The fourth-order valence-corrected chi connectivity index (χ4v) is 10.9. The standard InChI is InChI=1S/C69H134O6/c1-4-7-10-13-16-19-22-25-28-30-32-33-34-35-36-37-39-41-44-47-50-53-56-59-62-68(71)74-65-66(64-73-67(70)61-58-55-52-49-46-43-40-27-24-21-18-15-12-9-6-3)75-69(72)63-60-57-54-51-48-45-42-38-31-29-26-23-20-17-14-11-8-5-2/h66H,4-65H2,1-3H3. The molecular weight excluding hydrogens is 925 g/mol. The number of carbonyl (C=O) groups is 3. The van der Waals surface area contributed by atoms with Gasteiger partial charge in [0.1, 0.15) is 13.2 Å². The second kappa shape index (κ2) is 64.9. The molecule has 0 radical (unpaired) electrons. The summed E-state index contributed by atoms with van der Waals surface area (Å²) in [7, 11) is 0. The van der Waals surface area contributed by atoms with Crippen molar-refractivity contribution in [2.75, 3.05) is 13.2 Å². The summed E-state index contributed by atoms with van der Waals surface area (Å²) in [6.45, 7) is 6.74. The summed E-state index contributed by atoms with van der Waals surface area (Å²) in [6, 6.07) is 0. The number of hydrogen-bond donors (Lipinski definition) is 0. The zero-order chi connectivity index (χ0) is 54.3. The number of ether oxygens (including phenoxy) is 3. The van der Waals surface area contributed by atoms with E-state index in [0.717, 1.165) is 57.8 Å². The van der Waals surface area contributed by atoms with E-state index in [-0.39, 0.29) is 31.1 Å². The average molecular weight is 1060 g/mol. The Kier molecular flexibility index (Phi) is 63.6. The Morgan fingerprint density at radius 1 is 0.213 bits per heavy atom. The van der Waals surface area contributed by atoms with Gasteiger partial charge in [-0.2, -0.15) is 0 Å². The van der Waals surface area contributed by atoms with Crippen molar-refractivity contribution < 1.29 is 28.6 Å². The first-order chi connectivity index (χ1) is 37.0. The summed E-state index contributed by atoms with van der Waals surface area (Å²) in [4.78, 5) is 38.4. The van der Waals surface area contributed by atoms with Crippen LogP contribution >= 0.6 is 0 Å². The predicted octanol–water partition coefficient (Wildman–Crippen LogP) is 23.5. The predicted molar refractivity (Wildman–Crippen MR) is 326 cm³/mol. The van der Waals surface area contributed by atoms with E-state index >= 15 is 0 Å². The molecule has 6 nitrogen and oxygen atoms in total. The van der Waals surface area contributed by atoms with Gasteiger partial charge in [0.15, 0.2) is 6.10 Å². The van der Waals surface area contributed by atoms with Gasteiger partial charge < -0.3 is 14.2 Å². The Balaban J connectivity index is 4.22. The van der Waals surface area contributed by atoms with Gasteiger partial charge in [-0.1, -0.05) is 367 Å². The third-order valence-corrected chi connectivity index (χ3v) is 16.1. The van der Waals surface area contributed by atoms with Crippen molar-refractivity contribution in [2.24, 2.45) is 0 Å². The maximum atomic E-state index is 12.9. The van der Waals surface area contributed by atoms with E-state index in [1.165, 1.54) is 308 Å². The van der Waals surface area contributed by atoms with E-state index in [4.69, 9.17) is 14.2 Å². The molecule has 0 saturated heterocycles. The molecule has 0 aliphatic heterocycles. The summed E-state index contributed by atoms with van der Waals surface area (Å²) in [5.74, 6) is -0.820. The minimum absolute atomic E-state index is 0.0602. The molecule has 0 rings (SSSR count). The molecule has 75 heavy (non-hydrogen) atoms. The first-order valence-electron chi connectivity index (χ1n) is 34.5. The van der Waals surface area contributed by atoms with Gasteiger partial charge >= 0.3 is 17.9 Å². The SMILES string of the molecule is CCCCCCCCCCCCCCCCCCCCCCCCCCC(=O)OCC(COC(=O)CCCCCCCCCCCCCCCCC)OC(=O)CCCCCCCCCCCCCCCCCCCC. The van der Waals surface area contributed by atoms with Gasteiger partial charge in [0.2, 0.25) is 0 Å². The summed E-state index contributed by atoms with van der Waals surface area (Å²) >= 11 is 0. The quantitative estimate of drug-likeness (QED) is 0.0343. The lowest BCUT2D eigenvalue weighted by atomic mass is 10.0. The van der Waals surface area contributed by atoms with Crippen molar-refractivity contribution in [1.82, 2.24) is 0 Å². The van der Waals surface area contributed by atoms with Crippen LogP contribution in [0.2, 0.25) is 0 Å². The molecular formula is C69H134O6. The van der Waals surface area contributed by atoms with Gasteiger partial charge in [-0.15, -0.1) is 0 Å². The lowest BCUT2D eigenvalue weighted by molar-refractivity contribution is -0.167. The van der Waals surface area contributed by atoms with Gasteiger partial charge in [0, 0.05) is 19.3 Å². The Bertz CT molecular complexity index is 1120. The maximum absolute atomic E-state index is 12.9. The van der Waals surface area contributed by atoms with E-state index in [9.17, 15) is 14.4 Å². The van der Waals surface area contributed by atoms with Crippen LogP contribution in [-0.4, -0.2) is 37.2 Å². The molecule has 0 aliphatic carbocycles. The van der Waals surface area contributed by atoms with E-state index in [2.05, 4.69) is 20.8 Å². The first kappa shape index (κ1) is 73.4. The van der Waals surface area contributed by atoms with Crippen molar-refractivity contribution in [3.8, 4) is 0 Å². The molecule has 0 aliphatic rings. The van der Waals surface area contributed by atoms with Crippen LogP contribution in [0.15, 0.2) is 0 Å². The zero-order valence-electron chi connectivity index (χ0n) is 51.4. The molecule has 0 amide bonds. The van der Waals surface area contributed by atoms with Gasteiger partial charge in [-0.05, 0) is 19.3 Å². The molecule has 0 saturated carbocycles. The van der Waals surface area contributed by atoms with Crippen molar-refractivity contribution in [1.29, 1.82) is 0 Å². The maximum Gasteiger partial charge on any atom is 0.306 e.